The molecule has 0 bridgehead atoms. The first-order chi connectivity index (χ1) is 3.63. The van der Waals surface area contributed by atoms with E-state index in [4.69, 9.17) is 10.2 Å². The van der Waals surface area contributed by atoms with Crippen LogP contribution in [0.5, 0.6) is 0 Å². The maximum absolute atomic E-state index is 9.64. The molecule has 0 rings (SSSR count). The van der Waals surface area contributed by atoms with Gasteiger partial charge in [-0.25, -0.2) is 0 Å². The summed E-state index contributed by atoms with van der Waals surface area (Å²) in [6.45, 7) is 0. The second-order valence-electron chi connectivity index (χ2n) is 1.29. The second-order valence-corrected chi connectivity index (χ2v) is 1.29. The molecule has 11 heavy (non-hydrogen) atoms. The molecule has 64 valence electrons. The Labute approximate surface area is 75.6 Å². The minimum absolute atomic E-state index is 0. The van der Waals surface area contributed by atoms with E-state index in [-0.39, 0.29) is 43.3 Å². The summed E-state index contributed by atoms with van der Waals surface area (Å²) in [5.74, 6) is -2.15. The van der Waals surface area contributed by atoms with Gasteiger partial charge in [0.1, 0.15) is 0 Å². The number of hydrogen-bond donors (Lipinski definition) is 2. The van der Waals surface area contributed by atoms with Gasteiger partial charge >= 0.3 is 11.9 Å². The predicted octanol–water partition coefficient (Wildman–Crippen LogP) is -1.72. The van der Waals surface area contributed by atoms with Crippen molar-refractivity contribution in [2.75, 3.05) is 0 Å². The van der Waals surface area contributed by atoms with Crippen molar-refractivity contribution in [1.29, 1.82) is 0 Å². The molecule has 0 aromatic rings. The van der Waals surface area contributed by atoms with Gasteiger partial charge in [-0.15, -0.1) is 0 Å². The molecule has 6 N–H and O–H groups in total. The summed E-state index contributed by atoms with van der Waals surface area (Å²) < 4.78 is 0. The summed E-state index contributed by atoms with van der Waals surface area (Å²) in [7, 11) is 0. The monoisotopic (exact) mass is 218 g/mol. The fourth-order valence-electron chi connectivity index (χ4n) is 0.214. The zero-order chi connectivity index (χ0) is 6.57. The molecule has 0 aliphatic carbocycles. The Hall–Kier alpha value is -0.517. The summed E-state index contributed by atoms with van der Waals surface area (Å²) in [5.41, 5.74) is 0. The normalized spacial score (nSPS) is 6.18. The molecule has 0 fully saturated rings. The summed E-state index contributed by atoms with van der Waals surface area (Å²) in [6, 6.07) is 0. The minimum atomic E-state index is -1.08. The molecule has 0 aliphatic heterocycles. The molecule has 0 aromatic heterocycles. The van der Waals surface area contributed by atoms with Crippen LogP contribution in [0.3, 0.4) is 0 Å². The van der Waals surface area contributed by atoms with Gasteiger partial charge in [-0.2, -0.15) is 0 Å². The number of carboxylic acid groups (broad SMARTS) is 2. The predicted molar refractivity (Wildman–Crippen MR) is 31.7 cm³/mol. The van der Waals surface area contributed by atoms with Crippen LogP contribution in [0.25, 0.3) is 0 Å². The van der Waals surface area contributed by atoms with E-state index in [9.17, 15) is 9.59 Å². The third-order valence-electron chi connectivity index (χ3n) is 0.553. The van der Waals surface area contributed by atoms with Crippen molar-refractivity contribution in [3.63, 3.8) is 0 Å². The molecule has 6 nitrogen and oxygen atoms in total. The second kappa shape index (κ2) is 12.2. The van der Waals surface area contributed by atoms with E-state index < -0.39 is 11.9 Å². The van der Waals surface area contributed by atoms with Gasteiger partial charge in [-0.1, -0.05) is 0 Å². The summed E-state index contributed by atoms with van der Waals surface area (Å²) in [4.78, 5) is 19.3. The van der Waals surface area contributed by atoms with Crippen molar-refractivity contribution in [3.8, 4) is 0 Å². The van der Waals surface area contributed by atoms with Crippen LogP contribution in [-0.2, 0) is 29.1 Å². The first kappa shape index (κ1) is 22.4. The van der Waals surface area contributed by atoms with Crippen molar-refractivity contribution < 1.29 is 50.2 Å². The van der Waals surface area contributed by atoms with E-state index in [1.807, 2.05) is 0 Å². The largest absolute Gasteiger partial charge is 0.481 e. The maximum Gasteiger partial charge on any atom is 0.303 e. The molecule has 7 heteroatoms. The zero-order valence-corrected chi connectivity index (χ0v) is 8.80. The van der Waals surface area contributed by atoms with Crippen molar-refractivity contribution in [3.05, 3.63) is 0 Å². The van der Waals surface area contributed by atoms with Gasteiger partial charge in [0.25, 0.3) is 0 Å². The van der Waals surface area contributed by atoms with Gasteiger partial charge in [0.2, 0.25) is 0 Å². The minimum Gasteiger partial charge on any atom is -0.481 e. The molecule has 0 saturated heterocycles. The summed E-state index contributed by atoms with van der Waals surface area (Å²) in [5, 5.41) is 15.8. The molecule has 0 amide bonds. The fourth-order valence-corrected chi connectivity index (χ4v) is 0.214. The SMILES string of the molecule is O.O.O=C(O)CCC(=O)O.[Zn]. The van der Waals surface area contributed by atoms with E-state index in [0.29, 0.717) is 0 Å². The standard InChI is InChI=1S/C4H6O4.2H2O.Zn/c5-3(6)1-2-4(7)8;;;/h1-2H2,(H,5,6)(H,7,8);2*1H2;. The van der Waals surface area contributed by atoms with Crippen LogP contribution >= 0.6 is 0 Å². The van der Waals surface area contributed by atoms with Crippen molar-refractivity contribution >= 4 is 11.9 Å². The maximum atomic E-state index is 9.64. The van der Waals surface area contributed by atoms with Crippen LogP contribution in [0.15, 0.2) is 0 Å². The van der Waals surface area contributed by atoms with Crippen molar-refractivity contribution in [2.45, 2.75) is 12.8 Å². The molecule has 0 aromatic carbocycles. The zero-order valence-electron chi connectivity index (χ0n) is 5.83. The number of carbonyl (C=O) groups is 2. The Morgan fingerprint density at radius 1 is 0.909 bits per heavy atom. The Morgan fingerprint density at radius 3 is 1.18 bits per heavy atom. The number of rotatable bonds is 3. The number of aliphatic carboxylic acids is 2. The van der Waals surface area contributed by atoms with Crippen molar-refractivity contribution in [1.82, 2.24) is 0 Å². The van der Waals surface area contributed by atoms with Gasteiger partial charge < -0.3 is 21.2 Å². The van der Waals surface area contributed by atoms with Gasteiger partial charge in [0.15, 0.2) is 0 Å². The van der Waals surface area contributed by atoms with Crippen LogP contribution in [0.1, 0.15) is 12.8 Å². The van der Waals surface area contributed by atoms with E-state index in [1.54, 1.807) is 0 Å². The van der Waals surface area contributed by atoms with Gasteiger partial charge in [0.05, 0.1) is 12.8 Å². The van der Waals surface area contributed by atoms with E-state index in [1.165, 1.54) is 0 Å². The Balaban J connectivity index is -0.0000000817. The molecule has 0 unspecified atom stereocenters. The molecule has 0 radical (unpaired) electrons. The Bertz CT molecular complexity index is 99.1. The third-order valence-corrected chi connectivity index (χ3v) is 0.553. The number of carboxylic acids is 2. The number of hydrogen-bond acceptors (Lipinski definition) is 2. The summed E-state index contributed by atoms with van der Waals surface area (Å²) in [6.07, 6.45) is -0.593. The Morgan fingerprint density at radius 2 is 1.09 bits per heavy atom. The average Bonchev–Trinajstić information content (AvgIpc) is 1.61. The molecular weight excluding hydrogens is 209 g/mol. The summed E-state index contributed by atoms with van der Waals surface area (Å²) >= 11 is 0. The van der Waals surface area contributed by atoms with Gasteiger partial charge in [0, 0.05) is 19.5 Å². The van der Waals surface area contributed by atoms with Crippen LogP contribution < -0.4 is 0 Å². The fraction of sp³-hybridized carbons (Fsp3) is 0.500. The molecule has 0 spiro atoms. The molecule has 0 aliphatic rings. The van der Waals surface area contributed by atoms with E-state index in [2.05, 4.69) is 0 Å². The quantitative estimate of drug-likeness (QED) is 0.545. The first-order valence-corrected chi connectivity index (χ1v) is 2.06. The van der Waals surface area contributed by atoms with E-state index in [0.717, 1.165) is 0 Å². The van der Waals surface area contributed by atoms with Crippen LogP contribution in [0, 0.1) is 0 Å². The molecule has 0 saturated carbocycles. The molecular formula is C4H10O6Zn. The first-order valence-electron chi connectivity index (χ1n) is 2.06. The van der Waals surface area contributed by atoms with Crippen molar-refractivity contribution in [2.24, 2.45) is 0 Å². The topological polar surface area (TPSA) is 138 Å². The Kier molecular flexibility index (Phi) is 24.9. The molecule has 0 atom stereocenters. The van der Waals surface area contributed by atoms with Gasteiger partial charge in [-0.05, 0) is 0 Å². The smallest absolute Gasteiger partial charge is 0.303 e. The van der Waals surface area contributed by atoms with Crippen LogP contribution in [-0.4, -0.2) is 33.1 Å². The average molecular weight is 220 g/mol. The van der Waals surface area contributed by atoms with Gasteiger partial charge in [-0.3, -0.25) is 9.59 Å². The molecule has 0 heterocycles. The van der Waals surface area contributed by atoms with E-state index >= 15 is 0 Å². The van der Waals surface area contributed by atoms with Crippen LogP contribution in [0.2, 0.25) is 0 Å². The van der Waals surface area contributed by atoms with Crippen LogP contribution in [0.4, 0.5) is 0 Å². The third kappa shape index (κ3) is 26.4.